The Morgan fingerprint density at radius 3 is 2.83 bits per heavy atom. The van der Waals surface area contributed by atoms with Gasteiger partial charge in [0.25, 0.3) is 0 Å². The zero-order valence-electron chi connectivity index (χ0n) is 11.0. The minimum absolute atomic E-state index is 0.00731. The standard InChI is InChI=1S/C16H23NO/c17-16(8-10-18-11-9-16)12-14-6-3-5-13-4-1-2-7-15(13)14/h1-2,4,7,14H,3,5-6,8-12,17H2. The summed E-state index contributed by atoms with van der Waals surface area (Å²) in [6.45, 7) is 1.68. The zero-order valence-corrected chi connectivity index (χ0v) is 11.0. The molecule has 1 heterocycles. The fourth-order valence-electron chi connectivity index (χ4n) is 3.54. The number of aryl methyl sites for hydroxylation is 1. The lowest BCUT2D eigenvalue weighted by Crippen LogP contribution is -2.46. The third-order valence-corrected chi connectivity index (χ3v) is 4.64. The van der Waals surface area contributed by atoms with Crippen LogP contribution in [0.4, 0.5) is 0 Å². The van der Waals surface area contributed by atoms with Gasteiger partial charge >= 0.3 is 0 Å². The maximum absolute atomic E-state index is 6.57. The number of nitrogens with two attached hydrogens (primary N) is 1. The first-order valence-corrected chi connectivity index (χ1v) is 7.21. The molecule has 2 nitrogen and oxygen atoms in total. The molecule has 1 aromatic carbocycles. The highest BCUT2D eigenvalue weighted by Crippen LogP contribution is 2.38. The first kappa shape index (κ1) is 12.2. The van der Waals surface area contributed by atoms with Crippen molar-refractivity contribution in [1.82, 2.24) is 0 Å². The summed E-state index contributed by atoms with van der Waals surface area (Å²) in [5, 5.41) is 0. The van der Waals surface area contributed by atoms with Crippen LogP contribution in [0.2, 0.25) is 0 Å². The number of benzene rings is 1. The molecule has 0 aromatic heterocycles. The van der Waals surface area contributed by atoms with Crippen LogP contribution >= 0.6 is 0 Å². The zero-order chi connectivity index (χ0) is 12.4. The average Bonchev–Trinajstić information content (AvgIpc) is 2.40. The molecular formula is C16H23NO. The Balaban J connectivity index is 1.77. The van der Waals surface area contributed by atoms with Gasteiger partial charge in [-0.3, -0.25) is 0 Å². The van der Waals surface area contributed by atoms with Gasteiger partial charge in [-0.25, -0.2) is 0 Å². The Bertz CT molecular complexity index is 409. The average molecular weight is 245 g/mol. The van der Waals surface area contributed by atoms with E-state index in [1.807, 2.05) is 0 Å². The van der Waals surface area contributed by atoms with Crippen LogP contribution < -0.4 is 5.73 Å². The summed E-state index contributed by atoms with van der Waals surface area (Å²) in [6.07, 6.45) is 7.03. The van der Waals surface area contributed by atoms with Gasteiger partial charge in [-0.2, -0.15) is 0 Å². The van der Waals surface area contributed by atoms with E-state index >= 15 is 0 Å². The fraction of sp³-hybridized carbons (Fsp3) is 0.625. The van der Waals surface area contributed by atoms with Gasteiger partial charge in [0.15, 0.2) is 0 Å². The fourth-order valence-corrected chi connectivity index (χ4v) is 3.54. The first-order valence-electron chi connectivity index (χ1n) is 7.21. The molecule has 2 N–H and O–H groups in total. The van der Waals surface area contributed by atoms with Crippen molar-refractivity contribution in [3.8, 4) is 0 Å². The van der Waals surface area contributed by atoms with Crippen molar-refractivity contribution in [3.63, 3.8) is 0 Å². The second-order valence-electron chi connectivity index (χ2n) is 5.97. The molecule has 0 saturated carbocycles. The second-order valence-corrected chi connectivity index (χ2v) is 5.97. The molecule has 18 heavy (non-hydrogen) atoms. The summed E-state index contributed by atoms with van der Waals surface area (Å²) in [6, 6.07) is 8.93. The van der Waals surface area contributed by atoms with E-state index in [1.165, 1.54) is 19.3 Å². The van der Waals surface area contributed by atoms with Gasteiger partial charge in [0.05, 0.1) is 0 Å². The van der Waals surface area contributed by atoms with Crippen molar-refractivity contribution < 1.29 is 4.74 Å². The highest BCUT2D eigenvalue weighted by Gasteiger charge is 2.33. The number of hydrogen-bond acceptors (Lipinski definition) is 2. The normalized spacial score (nSPS) is 26.6. The largest absolute Gasteiger partial charge is 0.381 e. The highest BCUT2D eigenvalue weighted by molar-refractivity contribution is 5.33. The molecule has 1 fully saturated rings. The Labute approximate surface area is 110 Å². The van der Waals surface area contributed by atoms with Crippen LogP contribution in [-0.2, 0) is 11.2 Å². The Morgan fingerprint density at radius 1 is 1.22 bits per heavy atom. The predicted molar refractivity (Wildman–Crippen MR) is 73.7 cm³/mol. The van der Waals surface area contributed by atoms with E-state index in [0.29, 0.717) is 5.92 Å². The lowest BCUT2D eigenvalue weighted by molar-refractivity contribution is 0.0470. The highest BCUT2D eigenvalue weighted by atomic mass is 16.5. The van der Waals surface area contributed by atoms with E-state index in [2.05, 4.69) is 24.3 Å². The van der Waals surface area contributed by atoms with Crippen molar-refractivity contribution in [2.45, 2.75) is 50.0 Å². The summed E-state index contributed by atoms with van der Waals surface area (Å²) in [5.74, 6) is 0.665. The minimum atomic E-state index is 0.00731. The summed E-state index contributed by atoms with van der Waals surface area (Å²) in [4.78, 5) is 0. The molecule has 2 aliphatic rings. The Morgan fingerprint density at radius 2 is 2.00 bits per heavy atom. The SMILES string of the molecule is NC1(CC2CCCc3ccccc32)CCOCC1. The number of rotatable bonds is 2. The lowest BCUT2D eigenvalue weighted by Gasteiger charge is -2.38. The molecule has 1 aliphatic carbocycles. The van der Waals surface area contributed by atoms with Crippen molar-refractivity contribution in [1.29, 1.82) is 0 Å². The lowest BCUT2D eigenvalue weighted by atomic mass is 9.74. The van der Waals surface area contributed by atoms with Crippen LogP contribution in [0.15, 0.2) is 24.3 Å². The molecule has 0 bridgehead atoms. The van der Waals surface area contributed by atoms with Crippen LogP contribution in [-0.4, -0.2) is 18.8 Å². The molecular weight excluding hydrogens is 222 g/mol. The monoisotopic (exact) mass is 245 g/mol. The topological polar surface area (TPSA) is 35.2 Å². The Hall–Kier alpha value is -0.860. The molecule has 0 spiro atoms. The molecule has 1 aromatic rings. The molecule has 2 heteroatoms. The van der Waals surface area contributed by atoms with Gasteiger partial charge in [0.1, 0.15) is 0 Å². The van der Waals surface area contributed by atoms with Crippen LogP contribution in [0.3, 0.4) is 0 Å². The molecule has 3 rings (SSSR count). The first-order chi connectivity index (χ1) is 8.77. The summed E-state index contributed by atoms with van der Waals surface area (Å²) in [7, 11) is 0. The summed E-state index contributed by atoms with van der Waals surface area (Å²) >= 11 is 0. The van der Waals surface area contributed by atoms with E-state index in [4.69, 9.17) is 10.5 Å². The predicted octanol–water partition coefficient (Wildman–Crippen LogP) is 3.00. The van der Waals surface area contributed by atoms with Crippen LogP contribution in [0.5, 0.6) is 0 Å². The van der Waals surface area contributed by atoms with Gasteiger partial charge in [-0.15, -0.1) is 0 Å². The van der Waals surface area contributed by atoms with E-state index in [9.17, 15) is 0 Å². The van der Waals surface area contributed by atoms with E-state index < -0.39 is 0 Å². The van der Waals surface area contributed by atoms with Crippen molar-refractivity contribution >= 4 is 0 Å². The molecule has 1 saturated heterocycles. The van der Waals surface area contributed by atoms with Gasteiger partial charge in [0.2, 0.25) is 0 Å². The third-order valence-electron chi connectivity index (χ3n) is 4.64. The summed E-state index contributed by atoms with van der Waals surface area (Å²) < 4.78 is 5.44. The molecule has 1 aliphatic heterocycles. The van der Waals surface area contributed by atoms with Crippen molar-refractivity contribution in [2.75, 3.05) is 13.2 Å². The minimum Gasteiger partial charge on any atom is -0.381 e. The number of hydrogen-bond donors (Lipinski definition) is 1. The smallest absolute Gasteiger partial charge is 0.0483 e. The van der Waals surface area contributed by atoms with Crippen LogP contribution in [0.25, 0.3) is 0 Å². The summed E-state index contributed by atoms with van der Waals surface area (Å²) in [5.41, 5.74) is 9.68. The molecule has 1 unspecified atom stereocenters. The van der Waals surface area contributed by atoms with Gasteiger partial charge < -0.3 is 10.5 Å². The maximum Gasteiger partial charge on any atom is 0.0483 e. The van der Waals surface area contributed by atoms with Crippen molar-refractivity contribution in [2.24, 2.45) is 5.73 Å². The molecule has 0 radical (unpaired) electrons. The molecule has 1 atom stereocenters. The van der Waals surface area contributed by atoms with Crippen LogP contribution in [0.1, 0.15) is 49.1 Å². The molecule has 0 amide bonds. The van der Waals surface area contributed by atoms with Crippen molar-refractivity contribution in [3.05, 3.63) is 35.4 Å². The quantitative estimate of drug-likeness (QED) is 0.869. The number of fused-ring (bicyclic) bond motifs is 1. The van der Waals surface area contributed by atoms with Gasteiger partial charge in [-0.1, -0.05) is 24.3 Å². The number of ether oxygens (including phenoxy) is 1. The molecule has 98 valence electrons. The third kappa shape index (κ3) is 2.45. The maximum atomic E-state index is 6.57. The van der Waals surface area contributed by atoms with E-state index in [1.54, 1.807) is 11.1 Å². The Kier molecular flexibility index (Phi) is 3.40. The van der Waals surface area contributed by atoms with Gasteiger partial charge in [-0.05, 0) is 55.6 Å². The van der Waals surface area contributed by atoms with Crippen LogP contribution in [0, 0.1) is 0 Å². The van der Waals surface area contributed by atoms with E-state index in [0.717, 1.165) is 32.5 Å². The van der Waals surface area contributed by atoms with E-state index in [-0.39, 0.29) is 5.54 Å². The van der Waals surface area contributed by atoms with Gasteiger partial charge in [0, 0.05) is 18.8 Å². The second kappa shape index (κ2) is 5.02.